The van der Waals surface area contributed by atoms with E-state index < -0.39 is 0 Å². The second kappa shape index (κ2) is 5.59. The number of nitrogens with two attached hydrogens (primary N) is 1. The minimum Gasteiger partial charge on any atom is -0.384 e. The zero-order chi connectivity index (χ0) is 14.0. The van der Waals surface area contributed by atoms with Gasteiger partial charge in [0.25, 0.3) is 0 Å². The molecule has 0 aliphatic heterocycles. The van der Waals surface area contributed by atoms with E-state index in [1.165, 1.54) is 25.7 Å². The van der Waals surface area contributed by atoms with Gasteiger partial charge in [0.1, 0.15) is 11.7 Å². The van der Waals surface area contributed by atoms with Crippen LogP contribution in [0, 0.1) is 18.3 Å². The van der Waals surface area contributed by atoms with Gasteiger partial charge in [-0.15, -0.1) is 0 Å². The van der Waals surface area contributed by atoms with E-state index in [0.29, 0.717) is 12.0 Å². The molecule has 0 saturated heterocycles. The Hall–Kier alpha value is -1.58. The number of anilines is 1. The summed E-state index contributed by atoms with van der Waals surface area (Å²) < 4.78 is 0. The highest BCUT2D eigenvalue weighted by molar-refractivity contribution is 5.95. The first-order valence-electron chi connectivity index (χ1n) is 7.05. The van der Waals surface area contributed by atoms with E-state index >= 15 is 0 Å². The van der Waals surface area contributed by atoms with Crippen molar-refractivity contribution in [1.29, 1.82) is 5.41 Å². The first-order valence-corrected chi connectivity index (χ1v) is 7.05. The Kier molecular flexibility index (Phi) is 4.08. The van der Waals surface area contributed by atoms with E-state index in [9.17, 15) is 0 Å². The smallest absolute Gasteiger partial charge is 0.129 e. The summed E-state index contributed by atoms with van der Waals surface area (Å²) >= 11 is 0. The maximum absolute atomic E-state index is 7.59. The maximum Gasteiger partial charge on any atom is 0.129 e. The molecule has 0 bridgehead atoms. The van der Waals surface area contributed by atoms with Gasteiger partial charge in [-0.05, 0) is 37.8 Å². The Morgan fingerprint density at radius 3 is 2.68 bits per heavy atom. The van der Waals surface area contributed by atoms with Crippen LogP contribution < -0.4 is 10.6 Å². The Labute approximate surface area is 115 Å². The van der Waals surface area contributed by atoms with Crippen molar-refractivity contribution in [3.05, 3.63) is 23.4 Å². The van der Waals surface area contributed by atoms with Gasteiger partial charge in [-0.1, -0.05) is 19.8 Å². The Morgan fingerprint density at radius 1 is 1.37 bits per heavy atom. The van der Waals surface area contributed by atoms with Gasteiger partial charge in [-0.3, -0.25) is 5.41 Å². The van der Waals surface area contributed by atoms with Crippen molar-refractivity contribution in [2.75, 3.05) is 11.9 Å². The second-order valence-corrected chi connectivity index (χ2v) is 5.71. The molecule has 1 aliphatic rings. The molecule has 3 N–H and O–H groups in total. The minimum absolute atomic E-state index is 0.108. The summed E-state index contributed by atoms with van der Waals surface area (Å²) in [5, 5.41) is 7.59. The molecule has 1 aliphatic carbocycles. The third-order valence-electron chi connectivity index (χ3n) is 4.18. The van der Waals surface area contributed by atoms with Crippen molar-refractivity contribution in [3.63, 3.8) is 0 Å². The molecular weight excluding hydrogens is 236 g/mol. The van der Waals surface area contributed by atoms with Crippen molar-refractivity contribution >= 4 is 11.7 Å². The second-order valence-electron chi connectivity index (χ2n) is 5.71. The van der Waals surface area contributed by atoms with Crippen molar-refractivity contribution < 1.29 is 0 Å². The van der Waals surface area contributed by atoms with Gasteiger partial charge in [0.2, 0.25) is 0 Å². The fourth-order valence-electron chi connectivity index (χ4n) is 3.03. The van der Waals surface area contributed by atoms with Crippen molar-refractivity contribution in [2.24, 2.45) is 11.7 Å². The fraction of sp³-hybridized carbons (Fsp3) is 0.600. The van der Waals surface area contributed by atoms with Crippen LogP contribution in [0.25, 0.3) is 0 Å². The average molecular weight is 260 g/mol. The zero-order valence-corrected chi connectivity index (χ0v) is 12.1. The molecule has 1 heterocycles. The van der Waals surface area contributed by atoms with Gasteiger partial charge in [-0.25, -0.2) is 4.98 Å². The van der Waals surface area contributed by atoms with Crippen LogP contribution in [0.5, 0.6) is 0 Å². The van der Waals surface area contributed by atoms with Gasteiger partial charge in [0.05, 0.1) is 0 Å². The van der Waals surface area contributed by atoms with Crippen molar-refractivity contribution in [1.82, 2.24) is 4.98 Å². The normalized spacial score (nSPS) is 23.1. The van der Waals surface area contributed by atoms with E-state index in [1.54, 1.807) is 0 Å². The lowest BCUT2D eigenvalue weighted by atomic mass is 9.85. The summed E-state index contributed by atoms with van der Waals surface area (Å²) in [6, 6.07) is 4.34. The predicted molar refractivity (Wildman–Crippen MR) is 79.8 cm³/mol. The molecule has 2 unspecified atom stereocenters. The van der Waals surface area contributed by atoms with Gasteiger partial charge >= 0.3 is 0 Å². The lowest BCUT2D eigenvalue weighted by molar-refractivity contribution is 0.320. The van der Waals surface area contributed by atoms with Gasteiger partial charge in [0, 0.05) is 24.3 Å². The van der Waals surface area contributed by atoms with Crippen LogP contribution in [-0.4, -0.2) is 23.9 Å². The number of rotatable bonds is 3. The number of nitrogens with one attached hydrogen (secondary N) is 1. The summed E-state index contributed by atoms with van der Waals surface area (Å²) in [6.07, 6.45) is 5.15. The number of nitrogen functional groups attached to an aromatic ring is 1. The highest BCUT2D eigenvalue weighted by Gasteiger charge is 2.26. The Bertz CT molecular complexity index is 469. The molecule has 2 atom stereocenters. The molecule has 1 aromatic rings. The lowest BCUT2D eigenvalue weighted by Crippen LogP contribution is -2.39. The number of hydrogen-bond donors (Lipinski definition) is 2. The van der Waals surface area contributed by atoms with Crippen LogP contribution in [0.2, 0.25) is 0 Å². The number of amidine groups is 1. The molecule has 104 valence electrons. The van der Waals surface area contributed by atoms with E-state index in [1.807, 2.05) is 19.1 Å². The van der Waals surface area contributed by atoms with Gasteiger partial charge < -0.3 is 10.6 Å². The average Bonchev–Trinajstić information content (AvgIpc) is 2.37. The van der Waals surface area contributed by atoms with Crippen LogP contribution in [0.15, 0.2) is 12.1 Å². The monoisotopic (exact) mass is 260 g/mol. The highest BCUT2D eigenvalue weighted by Crippen LogP contribution is 2.30. The van der Waals surface area contributed by atoms with Crippen LogP contribution in [0.3, 0.4) is 0 Å². The maximum atomic E-state index is 7.59. The standard InChI is InChI=1S/C15H24N4/c1-10-6-4-5-7-13(10)19(3)14-9-12(15(16)17)8-11(2)18-14/h8-10,13H,4-7H2,1-3H3,(H3,16,17). The highest BCUT2D eigenvalue weighted by atomic mass is 15.2. The molecule has 1 aromatic heterocycles. The first kappa shape index (κ1) is 13.8. The molecule has 0 amide bonds. The van der Waals surface area contributed by atoms with Crippen molar-refractivity contribution in [2.45, 2.75) is 45.6 Å². The van der Waals surface area contributed by atoms with Crippen LogP contribution >= 0.6 is 0 Å². The number of pyridine rings is 1. The quantitative estimate of drug-likeness (QED) is 0.648. The summed E-state index contributed by atoms with van der Waals surface area (Å²) in [7, 11) is 2.11. The molecule has 0 spiro atoms. The van der Waals surface area contributed by atoms with Crippen LogP contribution in [0.1, 0.15) is 43.9 Å². The van der Waals surface area contributed by atoms with E-state index in [4.69, 9.17) is 11.1 Å². The number of aryl methyl sites for hydroxylation is 1. The van der Waals surface area contributed by atoms with E-state index in [0.717, 1.165) is 17.1 Å². The van der Waals surface area contributed by atoms with E-state index in [2.05, 4.69) is 23.9 Å². The topological polar surface area (TPSA) is 66.0 Å². The van der Waals surface area contributed by atoms with Gasteiger partial charge in [-0.2, -0.15) is 0 Å². The molecule has 1 saturated carbocycles. The summed E-state index contributed by atoms with van der Waals surface area (Å²) in [4.78, 5) is 6.87. The molecule has 19 heavy (non-hydrogen) atoms. The fourth-order valence-corrected chi connectivity index (χ4v) is 3.03. The molecule has 1 fully saturated rings. The summed E-state index contributed by atoms with van der Waals surface area (Å²) in [6.45, 7) is 4.27. The minimum atomic E-state index is 0.108. The first-order chi connectivity index (χ1) is 8.99. The van der Waals surface area contributed by atoms with Crippen LogP contribution in [-0.2, 0) is 0 Å². The zero-order valence-electron chi connectivity index (χ0n) is 12.1. The van der Waals surface area contributed by atoms with E-state index in [-0.39, 0.29) is 5.84 Å². The number of aromatic nitrogens is 1. The molecule has 2 rings (SSSR count). The van der Waals surface area contributed by atoms with Gasteiger partial charge in [0.15, 0.2) is 0 Å². The SMILES string of the molecule is Cc1cc(C(=N)N)cc(N(C)C2CCCCC2C)n1. The number of hydrogen-bond acceptors (Lipinski definition) is 3. The largest absolute Gasteiger partial charge is 0.384 e. The lowest BCUT2D eigenvalue weighted by Gasteiger charge is -2.37. The molecule has 4 heteroatoms. The third kappa shape index (κ3) is 3.06. The Morgan fingerprint density at radius 2 is 2.05 bits per heavy atom. The molecule has 4 nitrogen and oxygen atoms in total. The number of nitrogens with zero attached hydrogens (tertiary/aromatic N) is 2. The summed E-state index contributed by atoms with van der Waals surface area (Å²) in [5.74, 6) is 1.74. The Balaban J connectivity index is 2.27. The van der Waals surface area contributed by atoms with Crippen molar-refractivity contribution in [3.8, 4) is 0 Å². The molecule has 0 radical (unpaired) electrons. The predicted octanol–water partition coefficient (Wildman–Crippen LogP) is 2.69. The van der Waals surface area contributed by atoms with Crippen LogP contribution in [0.4, 0.5) is 5.82 Å². The molecular formula is C15H24N4. The third-order valence-corrected chi connectivity index (χ3v) is 4.18. The molecule has 0 aromatic carbocycles. The summed E-state index contributed by atoms with van der Waals surface area (Å²) in [5.41, 5.74) is 7.27.